The van der Waals surface area contributed by atoms with Crippen molar-refractivity contribution in [3.63, 3.8) is 0 Å². The molecule has 2 aromatic rings. The summed E-state index contributed by atoms with van der Waals surface area (Å²) in [5.74, 6) is 0. The highest BCUT2D eigenvalue weighted by Crippen LogP contribution is 2.31. The van der Waals surface area contributed by atoms with Crippen LogP contribution in [-0.4, -0.2) is 6.54 Å². The molecule has 1 nitrogen and oxygen atoms in total. The summed E-state index contributed by atoms with van der Waals surface area (Å²) in [7, 11) is 0. The zero-order valence-corrected chi connectivity index (χ0v) is 14.2. The van der Waals surface area contributed by atoms with Crippen LogP contribution in [0.5, 0.6) is 0 Å². The van der Waals surface area contributed by atoms with Crippen molar-refractivity contribution in [1.29, 1.82) is 0 Å². The predicted molar refractivity (Wildman–Crippen MR) is 88.3 cm³/mol. The summed E-state index contributed by atoms with van der Waals surface area (Å²) < 4.78 is 0.946. The second-order valence-electron chi connectivity index (χ2n) is 4.55. The molecule has 1 N–H and O–H groups in total. The summed E-state index contributed by atoms with van der Waals surface area (Å²) in [6, 6.07) is 8.62. The van der Waals surface area contributed by atoms with Crippen LogP contribution in [0, 0.1) is 6.92 Å². The van der Waals surface area contributed by atoms with Crippen molar-refractivity contribution in [1.82, 2.24) is 5.32 Å². The van der Waals surface area contributed by atoms with Gasteiger partial charge in [-0.25, -0.2) is 0 Å². The molecule has 0 spiro atoms. The first-order chi connectivity index (χ1) is 9.11. The van der Waals surface area contributed by atoms with Crippen LogP contribution < -0.4 is 5.32 Å². The summed E-state index contributed by atoms with van der Waals surface area (Å²) in [5.41, 5.74) is 2.56. The van der Waals surface area contributed by atoms with E-state index in [1.165, 1.54) is 16.0 Å². The van der Waals surface area contributed by atoms with Gasteiger partial charge in [-0.15, -0.1) is 11.3 Å². The first-order valence-electron chi connectivity index (χ1n) is 6.35. The maximum atomic E-state index is 6.07. The molecule has 0 aliphatic heterocycles. The van der Waals surface area contributed by atoms with E-state index in [-0.39, 0.29) is 6.04 Å². The standard InChI is InChI=1S/C15H17BrClNS/c1-3-6-18-15(12-7-10(2)19-9-12)11-4-5-14(17)13(16)8-11/h4-5,7-9,15,18H,3,6H2,1-2H3. The maximum Gasteiger partial charge on any atom is 0.0585 e. The van der Waals surface area contributed by atoms with Gasteiger partial charge in [-0.05, 0) is 70.5 Å². The Labute approximate surface area is 132 Å². The quantitative estimate of drug-likeness (QED) is 0.737. The average Bonchev–Trinajstić information content (AvgIpc) is 2.80. The van der Waals surface area contributed by atoms with Gasteiger partial charge < -0.3 is 5.32 Å². The lowest BCUT2D eigenvalue weighted by Gasteiger charge is -2.18. The molecule has 0 saturated heterocycles. The molecule has 1 aromatic heterocycles. The van der Waals surface area contributed by atoms with Crippen LogP contribution in [0.2, 0.25) is 5.02 Å². The molecule has 0 aliphatic rings. The molecule has 2 rings (SSSR count). The van der Waals surface area contributed by atoms with Crippen molar-refractivity contribution in [3.05, 3.63) is 55.1 Å². The summed E-state index contributed by atoms with van der Waals surface area (Å²) in [5, 5.41) is 6.58. The van der Waals surface area contributed by atoms with Crippen molar-refractivity contribution in [2.24, 2.45) is 0 Å². The minimum absolute atomic E-state index is 0.235. The zero-order chi connectivity index (χ0) is 13.8. The Bertz CT molecular complexity index is 553. The predicted octanol–water partition coefficient (Wildman–Crippen LogP) is 5.56. The molecule has 0 bridgehead atoms. The maximum absolute atomic E-state index is 6.07. The highest BCUT2D eigenvalue weighted by Gasteiger charge is 2.15. The summed E-state index contributed by atoms with van der Waals surface area (Å²) in [6.07, 6.45) is 1.12. The van der Waals surface area contributed by atoms with Crippen LogP contribution in [0.3, 0.4) is 0 Å². The van der Waals surface area contributed by atoms with Crippen molar-refractivity contribution in [3.8, 4) is 0 Å². The Morgan fingerprint density at radius 2 is 2.11 bits per heavy atom. The number of hydrogen-bond acceptors (Lipinski definition) is 2. The Kier molecular flexibility index (Phi) is 5.46. The van der Waals surface area contributed by atoms with Crippen LogP contribution >= 0.6 is 38.9 Å². The molecule has 4 heteroatoms. The number of aryl methyl sites for hydroxylation is 1. The van der Waals surface area contributed by atoms with Gasteiger partial charge in [0, 0.05) is 9.35 Å². The summed E-state index contributed by atoms with van der Waals surface area (Å²) in [6.45, 7) is 5.32. The second kappa shape index (κ2) is 6.89. The average molecular weight is 359 g/mol. The fraction of sp³-hybridized carbons (Fsp3) is 0.333. The minimum atomic E-state index is 0.235. The van der Waals surface area contributed by atoms with E-state index < -0.39 is 0 Å². The lowest BCUT2D eigenvalue weighted by atomic mass is 10.0. The van der Waals surface area contributed by atoms with Gasteiger partial charge >= 0.3 is 0 Å². The summed E-state index contributed by atoms with van der Waals surface area (Å²) >= 11 is 11.4. The van der Waals surface area contributed by atoms with Crippen molar-refractivity contribution >= 4 is 38.9 Å². The Hall–Kier alpha value is -0.350. The lowest BCUT2D eigenvalue weighted by Crippen LogP contribution is -2.22. The monoisotopic (exact) mass is 357 g/mol. The third kappa shape index (κ3) is 3.82. The number of hydrogen-bond donors (Lipinski definition) is 1. The SMILES string of the molecule is CCCNC(c1csc(C)c1)c1ccc(Cl)c(Br)c1. The molecule has 102 valence electrons. The Morgan fingerprint density at radius 3 is 2.68 bits per heavy atom. The number of benzene rings is 1. The largest absolute Gasteiger partial charge is 0.306 e. The van der Waals surface area contributed by atoms with Crippen molar-refractivity contribution < 1.29 is 0 Å². The van der Waals surface area contributed by atoms with E-state index in [2.05, 4.69) is 58.7 Å². The first-order valence-corrected chi connectivity index (χ1v) is 8.40. The fourth-order valence-electron chi connectivity index (χ4n) is 2.02. The Morgan fingerprint density at radius 1 is 1.32 bits per heavy atom. The van der Waals surface area contributed by atoms with E-state index in [0.29, 0.717) is 0 Å². The second-order valence-corrected chi connectivity index (χ2v) is 6.93. The zero-order valence-electron chi connectivity index (χ0n) is 11.0. The van der Waals surface area contributed by atoms with E-state index >= 15 is 0 Å². The number of halogens is 2. The molecule has 1 aromatic carbocycles. The van der Waals surface area contributed by atoms with E-state index in [9.17, 15) is 0 Å². The van der Waals surface area contributed by atoms with Gasteiger partial charge in [0.1, 0.15) is 0 Å². The first kappa shape index (κ1) is 15.0. The molecular formula is C15H17BrClNS. The third-order valence-electron chi connectivity index (χ3n) is 2.96. The molecule has 19 heavy (non-hydrogen) atoms. The number of nitrogens with one attached hydrogen (secondary N) is 1. The van der Waals surface area contributed by atoms with Crippen LogP contribution in [0.4, 0.5) is 0 Å². The van der Waals surface area contributed by atoms with Crippen LogP contribution in [-0.2, 0) is 0 Å². The van der Waals surface area contributed by atoms with E-state index in [1.54, 1.807) is 11.3 Å². The van der Waals surface area contributed by atoms with Crippen LogP contribution in [0.15, 0.2) is 34.1 Å². The van der Waals surface area contributed by atoms with Gasteiger partial charge in [-0.1, -0.05) is 24.6 Å². The van der Waals surface area contributed by atoms with Gasteiger partial charge in [-0.2, -0.15) is 0 Å². The molecule has 1 heterocycles. The summed E-state index contributed by atoms with van der Waals surface area (Å²) in [4.78, 5) is 1.34. The molecular weight excluding hydrogens is 342 g/mol. The van der Waals surface area contributed by atoms with Crippen molar-refractivity contribution in [2.45, 2.75) is 26.3 Å². The van der Waals surface area contributed by atoms with E-state index in [1.807, 2.05) is 6.07 Å². The van der Waals surface area contributed by atoms with Crippen molar-refractivity contribution in [2.75, 3.05) is 6.54 Å². The number of rotatable bonds is 5. The van der Waals surface area contributed by atoms with E-state index in [0.717, 1.165) is 22.5 Å². The normalized spacial score (nSPS) is 12.6. The molecule has 1 unspecified atom stereocenters. The lowest BCUT2D eigenvalue weighted by molar-refractivity contribution is 0.599. The third-order valence-corrected chi connectivity index (χ3v) is 5.05. The molecule has 0 saturated carbocycles. The van der Waals surface area contributed by atoms with Gasteiger partial charge in [0.2, 0.25) is 0 Å². The van der Waals surface area contributed by atoms with Gasteiger partial charge in [0.15, 0.2) is 0 Å². The van der Waals surface area contributed by atoms with Gasteiger partial charge in [-0.3, -0.25) is 0 Å². The van der Waals surface area contributed by atoms with E-state index in [4.69, 9.17) is 11.6 Å². The molecule has 0 amide bonds. The fourth-order valence-corrected chi connectivity index (χ4v) is 3.27. The molecule has 1 atom stereocenters. The Balaban J connectivity index is 2.33. The minimum Gasteiger partial charge on any atom is -0.306 e. The smallest absolute Gasteiger partial charge is 0.0585 e. The highest BCUT2D eigenvalue weighted by molar-refractivity contribution is 9.10. The topological polar surface area (TPSA) is 12.0 Å². The molecule has 0 fully saturated rings. The molecule has 0 aliphatic carbocycles. The highest BCUT2D eigenvalue weighted by atomic mass is 79.9. The van der Waals surface area contributed by atoms with Crippen LogP contribution in [0.25, 0.3) is 0 Å². The van der Waals surface area contributed by atoms with Gasteiger partial charge in [0.05, 0.1) is 11.1 Å². The van der Waals surface area contributed by atoms with Crippen LogP contribution in [0.1, 0.15) is 35.4 Å². The van der Waals surface area contributed by atoms with Gasteiger partial charge in [0.25, 0.3) is 0 Å². The molecule has 0 radical (unpaired) electrons. The number of thiophene rings is 1.